The van der Waals surface area contributed by atoms with Crippen molar-refractivity contribution in [1.82, 2.24) is 0 Å². The molecule has 0 unspecified atom stereocenters. The fourth-order valence-electron chi connectivity index (χ4n) is 2.12. The number of nitrogens with two attached hydrogens (primary N) is 1. The Labute approximate surface area is 130 Å². The van der Waals surface area contributed by atoms with Crippen LogP contribution >= 0.6 is 0 Å². The van der Waals surface area contributed by atoms with Gasteiger partial charge in [0.05, 0.1) is 14.8 Å². The van der Waals surface area contributed by atoms with Crippen LogP contribution in [0.15, 0.2) is 0 Å². The summed E-state index contributed by atoms with van der Waals surface area (Å²) in [5.41, 5.74) is 1.46. The molecule has 0 saturated heterocycles. The molecular weight excluding hydrogens is 312 g/mol. The first kappa shape index (κ1) is 17.9. The molecule has 0 heterocycles. The van der Waals surface area contributed by atoms with Gasteiger partial charge >= 0.3 is 17.1 Å². The van der Waals surface area contributed by atoms with E-state index in [0.29, 0.717) is 0 Å². The Morgan fingerprint density at radius 1 is 0.957 bits per heavy atom. The van der Waals surface area contributed by atoms with Crippen molar-refractivity contribution in [3.8, 4) is 0 Å². The summed E-state index contributed by atoms with van der Waals surface area (Å²) in [6.45, 7) is 3.22. The minimum absolute atomic E-state index is 0.400. The molecule has 0 fully saturated rings. The molecule has 12 nitrogen and oxygen atoms in total. The Morgan fingerprint density at radius 2 is 1.39 bits per heavy atom. The molecule has 0 atom stereocenters. The number of hydrogen-bond donors (Lipinski definition) is 2. The Hall–Kier alpha value is -3.18. The lowest BCUT2D eigenvalue weighted by Gasteiger charge is -2.18. The minimum atomic E-state index is -0.973. The maximum Gasteiger partial charge on any atom is 0.329 e. The molecule has 0 bridgehead atoms. The number of benzene rings is 1. The third-order valence-electron chi connectivity index (χ3n) is 2.86. The van der Waals surface area contributed by atoms with Crippen LogP contribution in [0.3, 0.4) is 0 Å². The van der Waals surface area contributed by atoms with Gasteiger partial charge in [-0.1, -0.05) is 0 Å². The normalized spacial score (nSPS) is 10.5. The lowest BCUT2D eigenvalue weighted by molar-refractivity contribution is -0.399. The zero-order valence-electron chi connectivity index (χ0n) is 12.9. The van der Waals surface area contributed by atoms with Gasteiger partial charge in [0.25, 0.3) is 0 Å². The minimum Gasteiger partial charge on any atom is -0.387 e. The van der Waals surface area contributed by atoms with Crippen molar-refractivity contribution in [2.75, 3.05) is 30.0 Å². The number of hydrogen-bond acceptors (Lipinski definition) is 9. The second kappa shape index (κ2) is 6.29. The van der Waals surface area contributed by atoms with Crippen LogP contribution in [0, 0.1) is 30.3 Å². The van der Waals surface area contributed by atoms with Crippen molar-refractivity contribution in [3.63, 3.8) is 0 Å². The Bertz CT molecular complexity index is 686. The summed E-state index contributed by atoms with van der Waals surface area (Å²) in [6.07, 6.45) is 0. The van der Waals surface area contributed by atoms with E-state index < -0.39 is 54.9 Å². The van der Waals surface area contributed by atoms with Crippen LogP contribution in [0.2, 0.25) is 0 Å². The van der Waals surface area contributed by atoms with Crippen LogP contribution < -0.4 is 16.0 Å². The van der Waals surface area contributed by atoms with Gasteiger partial charge in [0, 0.05) is 20.1 Å². The molecular formula is C11H16N6O6. The summed E-state index contributed by atoms with van der Waals surface area (Å²) < 4.78 is 0. The zero-order chi connectivity index (χ0) is 18.1. The maximum atomic E-state index is 11.4. The van der Waals surface area contributed by atoms with E-state index in [2.05, 4.69) is 5.32 Å². The molecule has 0 amide bonds. The average Bonchev–Trinajstić information content (AvgIpc) is 2.35. The van der Waals surface area contributed by atoms with Gasteiger partial charge in [0.1, 0.15) is 0 Å². The van der Waals surface area contributed by atoms with E-state index in [9.17, 15) is 30.3 Å². The number of nitrogens with one attached hydrogen (secondary N) is 1. The molecule has 0 saturated carbocycles. The maximum absolute atomic E-state index is 11.4. The second-order valence-electron chi connectivity index (χ2n) is 5.15. The SMILES string of the molecule is CC(C)Nc1c([N+](=O)[O-])c(N)c([N+](=O)[O-])c(N(C)C)c1[N+](=O)[O-]. The highest BCUT2D eigenvalue weighted by atomic mass is 16.6. The van der Waals surface area contributed by atoms with E-state index in [1.54, 1.807) is 13.8 Å². The van der Waals surface area contributed by atoms with Crippen molar-refractivity contribution < 1.29 is 14.8 Å². The molecule has 0 aliphatic heterocycles. The van der Waals surface area contributed by atoms with Gasteiger partial charge in [-0.15, -0.1) is 0 Å². The summed E-state index contributed by atoms with van der Waals surface area (Å²) in [7, 11) is 2.69. The van der Waals surface area contributed by atoms with Gasteiger partial charge < -0.3 is 16.0 Å². The van der Waals surface area contributed by atoms with E-state index in [1.165, 1.54) is 14.1 Å². The smallest absolute Gasteiger partial charge is 0.329 e. The molecule has 0 radical (unpaired) electrons. The lowest BCUT2D eigenvalue weighted by Crippen LogP contribution is -2.19. The van der Waals surface area contributed by atoms with Gasteiger partial charge in [-0.3, -0.25) is 30.3 Å². The standard InChI is InChI=1S/C11H16N6O6/c1-5(2)13-7-8(15(18)19)6(12)9(16(20)21)11(14(3)4)10(7)17(22)23/h5,13H,12H2,1-4H3. The topological polar surface area (TPSA) is 171 Å². The molecule has 126 valence electrons. The van der Waals surface area contributed by atoms with Gasteiger partial charge in [0.15, 0.2) is 17.1 Å². The zero-order valence-corrected chi connectivity index (χ0v) is 12.9. The lowest BCUT2D eigenvalue weighted by atomic mass is 10.1. The average molecular weight is 328 g/mol. The van der Waals surface area contributed by atoms with E-state index in [-0.39, 0.29) is 0 Å². The van der Waals surface area contributed by atoms with Crippen molar-refractivity contribution in [1.29, 1.82) is 0 Å². The number of anilines is 3. The van der Waals surface area contributed by atoms with Crippen molar-refractivity contribution in [3.05, 3.63) is 30.3 Å². The van der Waals surface area contributed by atoms with Gasteiger partial charge in [-0.25, -0.2) is 0 Å². The van der Waals surface area contributed by atoms with Gasteiger partial charge in [-0.2, -0.15) is 0 Å². The van der Waals surface area contributed by atoms with Crippen LogP contribution in [0.1, 0.15) is 13.8 Å². The van der Waals surface area contributed by atoms with Crippen LogP contribution in [-0.4, -0.2) is 34.9 Å². The van der Waals surface area contributed by atoms with E-state index in [1.807, 2.05) is 0 Å². The Balaban J connectivity index is 4.12. The van der Waals surface area contributed by atoms with E-state index >= 15 is 0 Å². The molecule has 1 rings (SSSR count). The molecule has 0 aliphatic carbocycles. The van der Waals surface area contributed by atoms with E-state index in [4.69, 9.17) is 5.73 Å². The highest BCUT2D eigenvalue weighted by Crippen LogP contribution is 2.52. The number of nitrogens with zero attached hydrogens (tertiary/aromatic N) is 4. The summed E-state index contributed by atoms with van der Waals surface area (Å²) in [6, 6.07) is -0.400. The number of nitro benzene ring substituents is 3. The number of rotatable bonds is 6. The molecule has 23 heavy (non-hydrogen) atoms. The molecule has 3 N–H and O–H groups in total. The van der Waals surface area contributed by atoms with Crippen molar-refractivity contribution >= 4 is 34.1 Å². The van der Waals surface area contributed by atoms with Crippen LogP contribution in [-0.2, 0) is 0 Å². The van der Waals surface area contributed by atoms with Gasteiger partial charge in [-0.05, 0) is 13.8 Å². The highest BCUT2D eigenvalue weighted by Gasteiger charge is 2.42. The van der Waals surface area contributed by atoms with Crippen LogP contribution in [0.25, 0.3) is 0 Å². The summed E-state index contributed by atoms with van der Waals surface area (Å²) in [4.78, 5) is 32.3. The summed E-state index contributed by atoms with van der Waals surface area (Å²) >= 11 is 0. The molecule has 1 aromatic carbocycles. The fraction of sp³-hybridized carbons (Fsp3) is 0.455. The van der Waals surface area contributed by atoms with Crippen LogP contribution in [0.5, 0.6) is 0 Å². The summed E-state index contributed by atoms with van der Waals surface area (Å²) in [5, 5.41) is 36.6. The number of nitrogen functional groups attached to an aromatic ring is 1. The predicted octanol–water partition coefficient (Wildman–Crippen LogP) is 1.88. The monoisotopic (exact) mass is 328 g/mol. The Kier molecular flexibility index (Phi) is 4.89. The van der Waals surface area contributed by atoms with Crippen LogP contribution in [0.4, 0.5) is 34.1 Å². The Morgan fingerprint density at radius 3 is 1.70 bits per heavy atom. The first-order valence-electron chi connectivity index (χ1n) is 6.37. The van der Waals surface area contributed by atoms with E-state index in [0.717, 1.165) is 4.90 Å². The molecule has 0 spiro atoms. The molecule has 0 aliphatic rings. The quantitative estimate of drug-likeness (QED) is 0.449. The molecule has 0 aromatic heterocycles. The number of nitro groups is 3. The second-order valence-corrected chi connectivity index (χ2v) is 5.15. The molecule has 1 aromatic rings. The summed E-state index contributed by atoms with van der Waals surface area (Å²) in [5.74, 6) is 0. The third kappa shape index (κ3) is 3.20. The van der Waals surface area contributed by atoms with Gasteiger partial charge in [0.2, 0.25) is 0 Å². The largest absolute Gasteiger partial charge is 0.387 e. The predicted molar refractivity (Wildman–Crippen MR) is 83.9 cm³/mol. The molecule has 12 heteroatoms. The first-order chi connectivity index (χ1) is 10.5. The highest BCUT2D eigenvalue weighted by molar-refractivity contribution is 5.99. The van der Waals surface area contributed by atoms with Crippen molar-refractivity contribution in [2.24, 2.45) is 0 Å². The third-order valence-corrected chi connectivity index (χ3v) is 2.86. The first-order valence-corrected chi connectivity index (χ1v) is 6.37. The van der Waals surface area contributed by atoms with Crippen molar-refractivity contribution in [2.45, 2.75) is 19.9 Å². The fourth-order valence-corrected chi connectivity index (χ4v) is 2.12.